The molecule has 0 bridgehead atoms. The number of hydrogen-bond acceptors (Lipinski definition) is 2. The maximum absolute atomic E-state index is 11.2. The van der Waals surface area contributed by atoms with Crippen molar-refractivity contribution in [2.45, 2.75) is 52.4 Å². The highest BCUT2D eigenvalue weighted by molar-refractivity contribution is 5.85. The summed E-state index contributed by atoms with van der Waals surface area (Å²) in [5.41, 5.74) is 0. The number of hydrogen-bond donors (Lipinski definition) is 1. The SMILES string of the molecule is CCCC/C=C\CCCC(=O)CNC(C)=O. The molecule has 0 aromatic heterocycles. The molecule has 0 radical (unpaired) electrons. The average molecular weight is 225 g/mol. The van der Waals surface area contributed by atoms with Crippen molar-refractivity contribution in [3.05, 3.63) is 12.2 Å². The van der Waals surface area contributed by atoms with Crippen LogP contribution in [-0.2, 0) is 9.59 Å². The van der Waals surface area contributed by atoms with Crippen LogP contribution in [0.15, 0.2) is 12.2 Å². The first-order valence-electron chi connectivity index (χ1n) is 6.08. The fraction of sp³-hybridized carbons (Fsp3) is 0.692. The van der Waals surface area contributed by atoms with E-state index in [-0.39, 0.29) is 18.2 Å². The molecule has 0 aliphatic rings. The number of rotatable bonds is 9. The topological polar surface area (TPSA) is 46.2 Å². The van der Waals surface area contributed by atoms with Crippen molar-refractivity contribution >= 4 is 11.7 Å². The normalized spacial score (nSPS) is 10.6. The largest absolute Gasteiger partial charge is 0.349 e. The quantitative estimate of drug-likeness (QED) is 0.484. The highest BCUT2D eigenvalue weighted by Gasteiger charge is 2.00. The molecule has 1 amide bonds. The molecule has 0 aliphatic heterocycles. The van der Waals surface area contributed by atoms with Crippen LogP contribution in [0.25, 0.3) is 0 Å². The summed E-state index contributed by atoms with van der Waals surface area (Å²) in [6.45, 7) is 3.77. The van der Waals surface area contributed by atoms with Gasteiger partial charge in [0.25, 0.3) is 0 Å². The van der Waals surface area contributed by atoms with E-state index in [4.69, 9.17) is 0 Å². The Morgan fingerprint density at radius 2 is 1.75 bits per heavy atom. The zero-order valence-electron chi connectivity index (χ0n) is 10.4. The Morgan fingerprint density at radius 1 is 1.12 bits per heavy atom. The number of allylic oxidation sites excluding steroid dienone is 2. The van der Waals surface area contributed by atoms with Crippen LogP contribution in [0, 0.1) is 0 Å². The van der Waals surface area contributed by atoms with Gasteiger partial charge in [-0.15, -0.1) is 0 Å². The summed E-state index contributed by atoms with van der Waals surface area (Å²) in [6, 6.07) is 0. The number of ketones is 1. The molecular formula is C13H23NO2. The zero-order chi connectivity index (χ0) is 12.2. The first-order chi connectivity index (χ1) is 7.66. The van der Waals surface area contributed by atoms with Crippen LogP contribution in [-0.4, -0.2) is 18.2 Å². The monoisotopic (exact) mass is 225 g/mol. The van der Waals surface area contributed by atoms with Crippen molar-refractivity contribution in [3.8, 4) is 0 Å². The van der Waals surface area contributed by atoms with E-state index >= 15 is 0 Å². The average Bonchev–Trinajstić information content (AvgIpc) is 2.25. The Hall–Kier alpha value is -1.12. The van der Waals surface area contributed by atoms with Gasteiger partial charge in [0.2, 0.25) is 5.91 Å². The van der Waals surface area contributed by atoms with Crippen LogP contribution >= 0.6 is 0 Å². The van der Waals surface area contributed by atoms with Crippen LogP contribution in [0.3, 0.4) is 0 Å². The summed E-state index contributed by atoms with van der Waals surface area (Å²) in [6.07, 6.45) is 10.3. The van der Waals surface area contributed by atoms with E-state index in [1.165, 1.54) is 19.8 Å². The number of unbranched alkanes of at least 4 members (excludes halogenated alkanes) is 3. The maximum atomic E-state index is 11.2. The second-order valence-electron chi connectivity index (χ2n) is 3.95. The molecule has 3 nitrogen and oxygen atoms in total. The summed E-state index contributed by atoms with van der Waals surface area (Å²) in [5, 5.41) is 2.51. The van der Waals surface area contributed by atoms with Crippen molar-refractivity contribution in [1.29, 1.82) is 0 Å². The first-order valence-corrected chi connectivity index (χ1v) is 6.08. The van der Waals surface area contributed by atoms with Gasteiger partial charge in [0.1, 0.15) is 0 Å². The molecule has 0 fully saturated rings. The molecule has 0 aromatic rings. The molecule has 0 heterocycles. The van der Waals surface area contributed by atoms with Gasteiger partial charge in [-0.3, -0.25) is 9.59 Å². The lowest BCUT2D eigenvalue weighted by Gasteiger charge is -2.00. The smallest absolute Gasteiger partial charge is 0.217 e. The van der Waals surface area contributed by atoms with Gasteiger partial charge in [0.05, 0.1) is 6.54 Å². The fourth-order valence-corrected chi connectivity index (χ4v) is 1.29. The number of Topliss-reactive ketones (excluding diaryl/α,β-unsaturated/α-hetero) is 1. The number of carbonyl (C=O) groups is 2. The van der Waals surface area contributed by atoms with E-state index in [0.29, 0.717) is 6.42 Å². The molecule has 0 unspecified atom stereocenters. The Kier molecular flexibility index (Phi) is 9.67. The Bertz CT molecular complexity index is 234. The molecule has 16 heavy (non-hydrogen) atoms. The van der Waals surface area contributed by atoms with Crippen LogP contribution in [0.4, 0.5) is 0 Å². The lowest BCUT2D eigenvalue weighted by molar-refractivity contribution is -0.123. The number of nitrogens with one attached hydrogen (secondary N) is 1. The van der Waals surface area contributed by atoms with Crippen LogP contribution in [0.1, 0.15) is 52.4 Å². The van der Waals surface area contributed by atoms with Gasteiger partial charge in [-0.25, -0.2) is 0 Å². The summed E-state index contributed by atoms with van der Waals surface area (Å²) in [4.78, 5) is 21.8. The number of amides is 1. The van der Waals surface area contributed by atoms with Gasteiger partial charge in [0, 0.05) is 13.3 Å². The lowest BCUT2D eigenvalue weighted by atomic mass is 10.1. The van der Waals surface area contributed by atoms with Gasteiger partial charge in [-0.1, -0.05) is 31.9 Å². The Balaban J connectivity index is 3.33. The fourth-order valence-electron chi connectivity index (χ4n) is 1.29. The van der Waals surface area contributed by atoms with Crippen molar-refractivity contribution in [2.75, 3.05) is 6.54 Å². The van der Waals surface area contributed by atoms with E-state index in [0.717, 1.165) is 19.3 Å². The number of carbonyl (C=O) groups excluding carboxylic acids is 2. The predicted molar refractivity (Wildman–Crippen MR) is 66.2 cm³/mol. The summed E-state index contributed by atoms with van der Waals surface area (Å²) in [7, 11) is 0. The standard InChI is InChI=1S/C13H23NO2/c1-3-4-5-6-7-8-9-10-13(16)11-14-12(2)15/h6-7H,3-5,8-11H2,1-2H3,(H,14,15)/b7-6-. The zero-order valence-corrected chi connectivity index (χ0v) is 10.4. The molecular weight excluding hydrogens is 202 g/mol. The lowest BCUT2D eigenvalue weighted by Crippen LogP contribution is -2.26. The van der Waals surface area contributed by atoms with E-state index in [2.05, 4.69) is 24.4 Å². The van der Waals surface area contributed by atoms with Gasteiger partial charge >= 0.3 is 0 Å². The second kappa shape index (κ2) is 10.4. The van der Waals surface area contributed by atoms with Crippen LogP contribution in [0.5, 0.6) is 0 Å². The van der Waals surface area contributed by atoms with E-state index in [9.17, 15) is 9.59 Å². The molecule has 0 atom stereocenters. The molecule has 0 saturated heterocycles. The van der Waals surface area contributed by atoms with Crippen molar-refractivity contribution in [3.63, 3.8) is 0 Å². The second-order valence-corrected chi connectivity index (χ2v) is 3.95. The molecule has 0 saturated carbocycles. The third-order valence-electron chi connectivity index (χ3n) is 2.25. The van der Waals surface area contributed by atoms with Crippen molar-refractivity contribution < 1.29 is 9.59 Å². The van der Waals surface area contributed by atoms with Gasteiger partial charge in [-0.2, -0.15) is 0 Å². The summed E-state index contributed by atoms with van der Waals surface area (Å²) >= 11 is 0. The Labute approximate surface area is 98.3 Å². The molecule has 0 rings (SSSR count). The molecule has 3 heteroatoms. The predicted octanol–water partition coefficient (Wildman–Crippen LogP) is 2.61. The van der Waals surface area contributed by atoms with Gasteiger partial charge in [0.15, 0.2) is 5.78 Å². The van der Waals surface area contributed by atoms with Gasteiger partial charge < -0.3 is 5.32 Å². The molecule has 0 aliphatic carbocycles. The third-order valence-corrected chi connectivity index (χ3v) is 2.25. The molecule has 0 aromatic carbocycles. The summed E-state index contributed by atoms with van der Waals surface area (Å²) < 4.78 is 0. The minimum absolute atomic E-state index is 0.108. The minimum Gasteiger partial charge on any atom is -0.349 e. The van der Waals surface area contributed by atoms with E-state index in [1.54, 1.807) is 0 Å². The van der Waals surface area contributed by atoms with E-state index in [1.807, 2.05) is 0 Å². The summed E-state index contributed by atoms with van der Waals surface area (Å²) in [5.74, 6) is -0.0371. The third kappa shape index (κ3) is 11.0. The maximum Gasteiger partial charge on any atom is 0.217 e. The highest BCUT2D eigenvalue weighted by atomic mass is 16.2. The van der Waals surface area contributed by atoms with Crippen LogP contribution < -0.4 is 5.32 Å². The first kappa shape index (κ1) is 14.9. The van der Waals surface area contributed by atoms with Crippen LogP contribution in [0.2, 0.25) is 0 Å². The van der Waals surface area contributed by atoms with Crippen molar-refractivity contribution in [2.24, 2.45) is 0 Å². The van der Waals surface area contributed by atoms with E-state index < -0.39 is 0 Å². The Morgan fingerprint density at radius 3 is 2.31 bits per heavy atom. The molecule has 92 valence electrons. The molecule has 0 spiro atoms. The highest BCUT2D eigenvalue weighted by Crippen LogP contribution is 2.00. The van der Waals surface area contributed by atoms with Crippen molar-refractivity contribution in [1.82, 2.24) is 5.32 Å². The molecule has 1 N–H and O–H groups in total. The minimum atomic E-state index is -0.146. The van der Waals surface area contributed by atoms with Gasteiger partial charge in [-0.05, 0) is 19.3 Å².